The molecule has 2 atom stereocenters. The highest BCUT2D eigenvalue weighted by atomic mass is 16.5. The molecule has 0 radical (unpaired) electrons. The van der Waals surface area contributed by atoms with Crippen molar-refractivity contribution in [3.05, 3.63) is 17.7 Å². The van der Waals surface area contributed by atoms with E-state index in [2.05, 4.69) is 18.3 Å². The maximum atomic E-state index is 9.39. The van der Waals surface area contributed by atoms with E-state index in [0.717, 1.165) is 12.0 Å². The van der Waals surface area contributed by atoms with Crippen LogP contribution in [-0.4, -0.2) is 27.4 Å². The van der Waals surface area contributed by atoms with Crippen molar-refractivity contribution >= 4 is 0 Å². The number of ether oxygens (including phenoxy) is 3. The van der Waals surface area contributed by atoms with Crippen LogP contribution in [-0.2, 0) is 0 Å². The first-order valence-corrected chi connectivity index (χ1v) is 6.57. The maximum Gasteiger partial charge on any atom is 0.203 e. The van der Waals surface area contributed by atoms with Crippen LogP contribution in [0.2, 0.25) is 0 Å². The third-order valence-corrected chi connectivity index (χ3v) is 3.24. The summed E-state index contributed by atoms with van der Waals surface area (Å²) < 4.78 is 16.0. The Labute approximate surface area is 120 Å². The van der Waals surface area contributed by atoms with E-state index in [1.54, 1.807) is 27.4 Å². The van der Waals surface area contributed by atoms with Crippen LogP contribution in [0.25, 0.3) is 0 Å². The number of methoxy groups -OCH3 is 3. The molecule has 20 heavy (non-hydrogen) atoms. The van der Waals surface area contributed by atoms with Gasteiger partial charge in [-0.15, -0.1) is 0 Å². The van der Waals surface area contributed by atoms with Gasteiger partial charge in [0, 0.05) is 11.6 Å². The maximum absolute atomic E-state index is 9.39. The fraction of sp³-hybridized carbons (Fsp3) is 0.533. The van der Waals surface area contributed by atoms with Crippen LogP contribution in [0, 0.1) is 11.3 Å². The molecule has 0 bridgehead atoms. The molecular formula is C15H22N2O3. The van der Waals surface area contributed by atoms with Gasteiger partial charge in [0.2, 0.25) is 5.75 Å². The molecule has 0 amide bonds. The van der Waals surface area contributed by atoms with Gasteiger partial charge >= 0.3 is 0 Å². The fourth-order valence-electron chi connectivity index (χ4n) is 1.95. The van der Waals surface area contributed by atoms with E-state index >= 15 is 0 Å². The lowest BCUT2D eigenvalue weighted by molar-refractivity contribution is 0.320. The van der Waals surface area contributed by atoms with Gasteiger partial charge in [0.05, 0.1) is 27.4 Å². The van der Waals surface area contributed by atoms with Crippen molar-refractivity contribution in [2.75, 3.05) is 21.3 Å². The van der Waals surface area contributed by atoms with Crippen molar-refractivity contribution in [2.24, 2.45) is 0 Å². The Balaban J connectivity index is 3.26. The molecule has 1 rings (SSSR count). The Morgan fingerprint density at radius 3 is 2.25 bits per heavy atom. The van der Waals surface area contributed by atoms with E-state index in [9.17, 15) is 5.26 Å². The molecule has 1 N–H and O–H groups in total. The number of nitrogens with zero attached hydrogens (tertiary/aromatic N) is 1. The summed E-state index contributed by atoms with van der Waals surface area (Å²) in [6.07, 6.45) is 0.938. The van der Waals surface area contributed by atoms with Gasteiger partial charge in [-0.25, -0.2) is 0 Å². The molecule has 0 saturated heterocycles. The first-order valence-electron chi connectivity index (χ1n) is 6.57. The average Bonchev–Trinajstić information content (AvgIpc) is 2.50. The number of nitrogens with one attached hydrogen (secondary N) is 1. The molecule has 110 valence electrons. The zero-order valence-electron chi connectivity index (χ0n) is 12.7. The first-order chi connectivity index (χ1) is 9.62. The highest BCUT2D eigenvalue weighted by Crippen LogP contribution is 2.42. The Hall–Kier alpha value is -1.93. The number of benzene rings is 1. The van der Waals surface area contributed by atoms with Crippen LogP contribution < -0.4 is 19.5 Å². The normalized spacial score (nSPS) is 13.2. The summed E-state index contributed by atoms with van der Waals surface area (Å²) in [5.41, 5.74) is 0.743. The Bertz CT molecular complexity index is 483. The zero-order valence-corrected chi connectivity index (χ0v) is 12.7. The minimum absolute atomic E-state index is 0.234. The summed E-state index contributed by atoms with van der Waals surface area (Å²) in [4.78, 5) is 0. The Morgan fingerprint density at radius 1 is 1.15 bits per heavy atom. The molecule has 5 heteroatoms. The van der Waals surface area contributed by atoms with Gasteiger partial charge in [0.15, 0.2) is 11.5 Å². The molecule has 1 aromatic rings. The quantitative estimate of drug-likeness (QED) is 0.830. The van der Waals surface area contributed by atoms with E-state index in [-0.39, 0.29) is 6.04 Å². The predicted octanol–water partition coefficient (Wildman–Crippen LogP) is 2.67. The standard InChI is InChI=1S/C15H22N2O3/c1-6-10(2)17-12(9-16)11-7-8-13(18-3)15(20-5)14(11)19-4/h7-8,10,12,17H,6H2,1-5H3. The monoisotopic (exact) mass is 278 g/mol. The Kier molecular flexibility index (Phi) is 6.13. The second-order valence-electron chi connectivity index (χ2n) is 4.46. The molecule has 0 heterocycles. The van der Waals surface area contributed by atoms with Crippen LogP contribution in [0.5, 0.6) is 17.2 Å². The topological polar surface area (TPSA) is 63.5 Å². The van der Waals surface area contributed by atoms with Crippen molar-refractivity contribution in [2.45, 2.75) is 32.4 Å². The Morgan fingerprint density at radius 2 is 1.80 bits per heavy atom. The number of rotatable bonds is 7. The van der Waals surface area contributed by atoms with Crippen molar-refractivity contribution in [1.29, 1.82) is 5.26 Å². The molecule has 0 aliphatic heterocycles. The van der Waals surface area contributed by atoms with E-state index in [1.165, 1.54) is 0 Å². The highest BCUT2D eigenvalue weighted by Gasteiger charge is 2.22. The summed E-state index contributed by atoms with van der Waals surface area (Å²) >= 11 is 0. The zero-order chi connectivity index (χ0) is 15.1. The number of nitriles is 1. The minimum Gasteiger partial charge on any atom is -0.493 e. The van der Waals surface area contributed by atoms with Crippen molar-refractivity contribution in [1.82, 2.24) is 5.32 Å². The second-order valence-corrected chi connectivity index (χ2v) is 4.46. The first kappa shape index (κ1) is 16.1. The summed E-state index contributed by atoms with van der Waals surface area (Å²) in [6.45, 7) is 4.11. The summed E-state index contributed by atoms with van der Waals surface area (Å²) in [6, 6.07) is 5.63. The van der Waals surface area contributed by atoms with Crippen LogP contribution in [0.4, 0.5) is 0 Å². The van der Waals surface area contributed by atoms with Crippen LogP contribution in [0.15, 0.2) is 12.1 Å². The van der Waals surface area contributed by atoms with Crippen molar-refractivity contribution in [3.63, 3.8) is 0 Å². The van der Waals surface area contributed by atoms with Crippen LogP contribution >= 0.6 is 0 Å². The summed E-state index contributed by atoms with van der Waals surface area (Å²) in [7, 11) is 4.67. The minimum atomic E-state index is -0.459. The van der Waals surface area contributed by atoms with E-state index in [4.69, 9.17) is 14.2 Å². The third kappa shape index (κ3) is 3.34. The largest absolute Gasteiger partial charge is 0.493 e. The van der Waals surface area contributed by atoms with Gasteiger partial charge in [0.1, 0.15) is 6.04 Å². The van der Waals surface area contributed by atoms with Gasteiger partial charge in [0.25, 0.3) is 0 Å². The molecular weight excluding hydrogens is 256 g/mol. The lowest BCUT2D eigenvalue weighted by Crippen LogP contribution is -2.29. The average molecular weight is 278 g/mol. The summed E-state index contributed by atoms with van der Waals surface area (Å²) in [5, 5.41) is 12.7. The van der Waals surface area contributed by atoms with Crippen LogP contribution in [0.1, 0.15) is 31.9 Å². The van der Waals surface area contributed by atoms with Gasteiger partial charge < -0.3 is 14.2 Å². The lowest BCUT2D eigenvalue weighted by atomic mass is 10.0. The SMILES string of the molecule is CCC(C)NC(C#N)c1ccc(OC)c(OC)c1OC. The smallest absolute Gasteiger partial charge is 0.203 e. The molecule has 1 aromatic carbocycles. The van der Waals surface area contributed by atoms with Crippen LogP contribution in [0.3, 0.4) is 0 Å². The number of hydrogen-bond donors (Lipinski definition) is 1. The van der Waals surface area contributed by atoms with Crippen molar-refractivity contribution in [3.8, 4) is 23.3 Å². The fourth-order valence-corrected chi connectivity index (χ4v) is 1.95. The van der Waals surface area contributed by atoms with Gasteiger partial charge in [-0.2, -0.15) is 5.26 Å². The van der Waals surface area contributed by atoms with E-state index in [0.29, 0.717) is 17.2 Å². The third-order valence-electron chi connectivity index (χ3n) is 3.24. The highest BCUT2D eigenvalue weighted by molar-refractivity contribution is 5.57. The molecule has 0 fully saturated rings. The van der Waals surface area contributed by atoms with E-state index < -0.39 is 6.04 Å². The second kappa shape index (κ2) is 7.61. The molecule has 0 spiro atoms. The number of hydrogen-bond acceptors (Lipinski definition) is 5. The van der Waals surface area contributed by atoms with Gasteiger partial charge in [-0.1, -0.05) is 6.92 Å². The molecule has 2 unspecified atom stereocenters. The van der Waals surface area contributed by atoms with Gasteiger partial charge in [-0.3, -0.25) is 5.32 Å². The molecule has 0 saturated carbocycles. The van der Waals surface area contributed by atoms with Gasteiger partial charge in [-0.05, 0) is 25.5 Å². The molecule has 0 aliphatic carbocycles. The van der Waals surface area contributed by atoms with Crippen molar-refractivity contribution < 1.29 is 14.2 Å². The van der Waals surface area contributed by atoms with E-state index in [1.807, 2.05) is 13.0 Å². The molecule has 5 nitrogen and oxygen atoms in total. The summed E-state index contributed by atoms with van der Waals surface area (Å²) in [5.74, 6) is 1.60. The molecule has 0 aliphatic rings. The lowest BCUT2D eigenvalue weighted by Gasteiger charge is -2.21. The predicted molar refractivity (Wildman–Crippen MR) is 77.3 cm³/mol. The molecule has 0 aromatic heterocycles.